The maximum absolute atomic E-state index is 12.2. The molecular formula is C14H13N3O4. The molecule has 0 fully saturated rings. The maximum atomic E-state index is 12.2. The van der Waals surface area contributed by atoms with Crippen LogP contribution in [-0.4, -0.2) is 32.9 Å². The molecule has 0 unspecified atom stereocenters. The van der Waals surface area contributed by atoms with E-state index in [9.17, 15) is 20.0 Å². The quantitative estimate of drug-likeness (QED) is 0.685. The van der Waals surface area contributed by atoms with E-state index in [0.717, 1.165) is 0 Å². The molecule has 2 aromatic rings. The zero-order valence-corrected chi connectivity index (χ0v) is 11.3. The lowest BCUT2D eigenvalue weighted by molar-refractivity contribution is -0.385. The van der Waals surface area contributed by atoms with Crippen molar-refractivity contribution in [1.29, 1.82) is 0 Å². The van der Waals surface area contributed by atoms with E-state index in [1.54, 1.807) is 18.2 Å². The second-order valence-electron chi connectivity index (χ2n) is 4.48. The molecule has 0 aliphatic rings. The van der Waals surface area contributed by atoms with E-state index >= 15 is 0 Å². The highest BCUT2D eigenvalue weighted by atomic mass is 16.6. The molecule has 1 heterocycles. The molecule has 0 bridgehead atoms. The van der Waals surface area contributed by atoms with E-state index in [4.69, 9.17) is 0 Å². The number of carbonyl (C=O) groups excluding carboxylic acids is 1. The van der Waals surface area contributed by atoms with Gasteiger partial charge in [-0.05, 0) is 6.07 Å². The fourth-order valence-electron chi connectivity index (χ4n) is 1.92. The molecule has 0 saturated heterocycles. The average molecular weight is 287 g/mol. The van der Waals surface area contributed by atoms with Crippen molar-refractivity contribution in [1.82, 2.24) is 9.88 Å². The van der Waals surface area contributed by atoms with E-state index in [1.165, 1.54) is 36.5 Å². The van der Waals surface area contributed by atoms with Crippen LogP contribution in [0.2, 0.25) is 0 Å². The Kier molecular flexibility index (Phi) is 4.13. The number of nitro groups is 1. The van der Waals surface area contributed by atoms with Crippen LogP contribution in [0.5, 0.6) is 5.75 Å². The fourth-order valence-corrected chi connectivity index (χ4v) is 1.92. The number of hydrogen-bond acceptors (Lipinski definition) is 5. The van der Waals surface area contributed by atoms with Crippen LogP contribution < -0.4 is 0 Å². The second kappa shape index (κ2) is 6.00. The van der Waals surface area contributed by atoms with Crippen molar-refractivity contribution in [3.8, 4) is 5.75 Å². The Morgan fingerprint density at radius 3 is 2.76 bits per heavy atom. The van der Waals surface area contributed by atoms with Gasteiger partial charge in [0.1, 0.15) is 5.75 Å². The van der Waals surface area contributed by atoms with Gasteiger partial charge in [0, 0.05) is 24.9 Å². The van der Waals surface area contributed by atoms with Gasteiger partial charge in [-0.15, -0.1) is 0 Å². The predicted molar refractivity (Wildman–Crippen MR) is 74.8 cm³/mol. The molecule has 0 radical (unpaired) electrons. The van der Waals surface area contributed by atoms with Gasteiger partial charge in [-0.3, -0.25) is 19.9 Å². The minimum absolute atomic E-state index is 0.0359. The first-order valence-corrected chi connectivity index (χ1v) is 6.11. The predicted octanol–water partition coefficient (Wildman–Crippen LogP) is 1.97. The number of pyridine rings is 1. The zero-order valence-electron chi connectivity index (χ0n) is 11.3. The molecular weight excluding hydrogens is 274 g/mol. The molecule has 0 aliphatic carbocycles. The van der Waals surface area contributed by atoms with Crippen molar-refractivity contribution >= 4 is 11.6 Å². The number of aromatic hydroxyl groups is 1. The van der Waals surface area contributed by atoms with Gasteiger partial charge in [-0.2, -0.15) is 0 Å². The van der Waals surface area contributed by atoms with Gasteiger partial charge in [-0.1, -0.05) is 18.2 Å². The van der Waals surface area contributed by atoms with Crippen LogP contribution in [0.3, 0.4) is 0 Å². The maximum Gasteiger partial charge on any atom is 0.274 e. The number of para-hydroxylation sites is 1. The largest absolute Gasteiger partial charge is 0.506 e. The number of benzene rings is 1. The van der Waals surface area contributed by atoms with Gasteiger partial charge in [-0.25, -0.2) is 0 Å². The first-order chi connectivity index (χ1) is 9.99. The van der Waals surface area contributed by atoms with Crippen LogP contribution in [0.4, 0.5) is 5.69 Å². The monoisotopic (exact) mass is 287 g/mol. The Labute approximate surface area is 120 Å². The van der Waals surface area contributed by atoms with Crippen molar-refractivity contribution in [2.45, 2.75) is 6.54 Å². The van der Waals surface area contributed by atoms with Crippen LogP contribution in [0, 0.1) is 10.1 Å². The summed E-state index contributed by atoms with van der Waals surface area (Å²) in [6.07, 6.45) is 2.55. The molecule has 1 aromatic heterocycles. The van der Waals surface area contributed by atoms with Gasteiger partial charge >= 0.3 is 0 Å². The summed E-state index contributed by atoms with van der Waals surface area (Å²) in [7, 11) is 1.53. The molecule has 7 heteroatoms. The Hall–Kier alpha value is -2.96. The van der Waals surface area contributed by atoms with Gasteiger partial charge in [0.2, 0.25) is 0 Å². The highest BCUT2D eigenvalue weighted by molar-refractivity contribution is 5.94. The summed E-state index contributed by atoms with van der Waals surface area (Å²) >= 11 is 0. The lowest BCUT2D eigenvalue weighted by Crippen LogP contribution is -2.26. The minimum Gasteiger partial charge on any atom is -0.506 e. The van der Waals surface area contributed by atoms with Gasteiger partial charge in [0.25, 0.3) is 11.6 Å². The summed E-state index contributed by atoms with van der Waals surface area (Å²) in [5.74, 6) is -0.489. The van der Waals surface area contributed by atoms with Gasteiger partial charge in [0.05, 0.1) is 23.2 Å². The van der Waals surface area contributed by atoms with Crippen molar-refractivity contribution in [3.05, 3.63) is 64.0 Å². The average Bonchev–Trinajstić information content (AvgIpc) is 2.46. The minimum atomic E-state index is -0.483. The normalized spacial score (nSPS) is 10.1. The molecule has 0 saturated carbocycles. The summed E-state index contributed by atoms with van der Waals surface area (Å²) in [6.45, 7) is 0.0889. The van der Waals surface area contributed by atoms with E-state index in [-0.39, 0.29) is 29.5 Å². The van der Waals surface area contributed by atoms with Crippen LogP contribution >= 0.6 is 0 Å². The Bertz CT molecular complexity index is 687. The highest BCUT2D eigenvalue weighted by Gasteiger charge is 2.18. The van der Waals surface area contributed by atoms with E-state index in [0.29, 0.717) is 5.56 Å². The number of amides is 1. The summed E-state index contributed by atoms with van der Waals surface area (Å²) in [5, 5.41) is 20.3. The number of rotatable bonds is 4. The van der Waals surface area contributed by atoms with Gasteiger partial charge < -0.3 is 10.0 Å². The third kappa shape index (κ3) is 3.33. The third-order valence-electron chi connectivity index (χ3n) is 2.91. The molecule has 7 nitrogen and oxygen atoms in total. The molecule has 2 rings (SSSR count). The molecule has 1 amide bonds. The summed E-state index contributed by atoms with van der Waals surface area (Å²) in [6, 6.07) is 7.54. The standard InChI is InChI=1S/C14H13N3O4/c1-16(14(19)11-6-12(18)8-15-7-11)9-10-4-2-3-5-13(10)17(20)21/h2-8,18H,9H2,1H3. The first-order valence-electron chi connectivity index (χ1n) is 6.11. The van der Waals surface area contributed by atoms with E-state index < -0.39 is 4.92 Å². The van der Waals surface area contributed by atoms with Crippen molar-refractivity contribution in [3.63, 3.8) is 0 Å². The van der Waals surface area contributed by atoms with Crippen LogP contribution in [0.25, 0.3) is 0 Å². The van der Waals surface area contributed by atoms with Crippen LogP contribution in [0.15, 0.2) is 42.7 Å². The molecule has 1 aromatic carbocycles. The molecule has 1 N–H and O–H groups in total. The SMILES string of the molecule is CN(Cc1ccccc1[N+](=O)[O-])C(=O)c1cncc(O)c1. The fraction of sp³-hybridized carbons (Fsp3) is 0.143. The third-order valence-corrected chi connectivity index (χ3v) is 2.91. The van der Waals surface area contributed by atoms with Crippen molar-refractivity contribution in [2.75, 3.05) is 7.05 Å². The molecule has 108 valence electrons. The summed E-state index contributed by atoms with van der Waals surface area (Å²) in [5.41, 5.74) is 0.619. The number of aromatic nitrogens is 1. The van der Waals surface area contributed by atoms with Crippen LogP contribution in [-0.2, 0) is 6.54 Å². The van der Waals surface area contributed by atoms with Crippen LogP contribution in [0.1, 0.15) is 15.9 Å². The summed E-state index contributed by atoms with van der Waals surface area (Å²) in [4.78, 5) is 27.7. The number of nitrogens with zero attached hydrogens (tertiary/aromatic N) is 3. The van der Waals surface area contributed by atoms with Crippen molar-refractivity contribution in [2.24, 2.45) is 0 Å². The molecule has 0 atom stereocenters. The van der Waals surface area contributed by atoms with Crippen molar-refractivity contribution < 1.29 is 14.8 Å². The van der Waals surface area contributed by atoms with Gasteiger partial charge in [0.15, 0.2) is 0 Å². The topological polar surface area (TPSA) is 96.6 Å². The zero-order chi connectivity index (χ0) is 15.4. The Morgan fingerprint density at radius 2 is 2.10 bits per heavy atom. The van der Waals surface area contributed by atoms with E-state index in [2.05, 4.69) is 4.98 Å². The lowest BCUT2D eigenvalue weighted by Gasteiger charge is -2.17. The molecule has 0 spiro atoms. The number of carbonyl (C=O) groups is 1. The second-order valence-corrected chi connectivity index (χ2v) is 4.48. The number of nitro benzene ring substituents is 1. The molecule has 0 aliphatic heterocycles. The first kappa shape index (κ1) is 14.4. The molecule has 21 heavy (non-hydrogen) atoms. The Balaban J connectivity index is 2.20. The smallest absolute Gasteiger partial charge is 0.274 e. The number of hydrogen-bond donors (Lipinski definition) is 1. The Morgan fingerprint density at radius 1 is 1.38 bits per heavy atom. The van der Waals surface area contributed by atoms with E-state index in [1.807, 2.05) is 0 Å². The lowest BCUT2D eigenvalue weighted by atomic mass is 10.1. The summed E-state index contributed by atoms with van der Waals surface area (Å²) < 4.78 is 0. The highest BCUT2D eigenvalue weighted by Crippen LogP contribution is 2.20.